The van der Waals surface area contributed by atoms with E-state index in [1.807, 2.05) is 36.4 Å². The molecule has 3 rings (SSSR count). The molecule has 3 aromatic rings. The first-order valence-electron chi connectivity index (χ1n) is 5.44. The van der Waals surface area contributed by atoms with Crippen LogP contribution >= 0.6 is 38.5 Å². The molecule has 0 atom stereocenters. The number of hydrogen-bond acceptors (Lipinski definition) is 4. The van der Waals surface area contributed by atoms with Crippen molar-refractivity contribution in [3.05, 3.63) is 50.6 Å². The highest BCUT2D eigenvalue weighted by Gasteiger charge is 2.12. The summed E-state index contributed by atoms with van der Waals surface area (Å²) < 4.78 is 7.37. The van der Waals surface area contributed by atoms with Gasteiger partial charge in [-0.1, -0.05) is 27.2 Å². The summed E-state index contributed by atoms with van der Waals surface area (Å²) in [5, 5.41) is 3.96. The second-order valence-corrected chi connectivity index (χ2v) is 5.96. The second kappa shape index (κ2) is 5.38. The molecule has 0 saturated carbocycles. The van der Waals surface area contributed by atoms with Gasteiger partial charge in [0.25, 0.3) is 5.89 Å². The van der Waals surface area contributed by atoms with Gasteiger partial charge in [-0.25, -0.2) is 0 Å². The van der Waals surface area contributed by atoms with Crippen molar-refractivity contribution >= 4 is 38.5 Å². The van der Waals surface area contributed by atoms with Crippen LogP contribution in [0.15, 0.2) is 51.6 Å². The molecule has 6 heteroatoms. The van der Waals surface area contributed by atoms with Gasteiger partial charge in [0.2, 0.25) is 5.82 Å². The normalized spacial score (nSPS) is 10.6. The molecule has 0 unspecified atom stereocenters. The van der Waals surface area contributed by atoms with Crippen LogP contribution in [-0.2, 0) is 0 Å². The van der Waals surface area contributed by atoms with Crippen molar-refractivity contribution < 1.29 is 4.52 Å². The summed E-state index contributed by atoms with van der Waals surface area (Å²) in [6, 6.07) is 11.5. The van der Waals surface area contributed by atoms with Crippen molar-refractivity contribution in [3.8, 4) is 23.0 Å². The molecule has 0 aliphatic carbocycles. The number of benzene rings is 1. The van der Waals surface area contributed by atoms with Gasteiger partial charge >= 0.3 is 0 Å². The van der Waals surface area contributed by atoms with E-state index in [2.05, 4.69) is 53.6 Å². The Kier molecular flexibility index (Phi) is 3.61. The summed E-state index contributed by atoms with van der Waals surface area (Å²) >= 11 is 5.70. The predicted octanol–water partition coefficient (Wildman–Crippen LogP) is 4.17. The fourth-order valence-electron chi connectivity index (χ4n) is 1.62. The van der Waals surface area contributed by atoms with Crippen molar-refractivity contribution in [2.24, 2.45) is 0 Å². The molecule has 94 valence electrons. The van der Waals surface area contributed by atoms with E-state index >= 15 is 0 Å². The van der Waals surface area contributed by atoms with Crippen LogP contribution in [0.5, 0.6) is 0 Å². The highest BCUT2D eigenvalue weighted by atomic mass is 127. The molecule has 2 aromatic heterocycles. The Bertz CT molecular complexity index is 695. The van der Waals surface area contributed by atoms with Crippen LogP contribution in [0.1, 0.15) is 0 Å². The molecule has 1 aromatic carbocycles. The lowest BCUT2D eigenvalue weighted by molar-refractivity contribution is 0.432. The van der Waals surface area contributed by atoms with Crippen LogP contribution < -0.4 is 0 Å². The number of hydrogen-bond donors (Lipinski definition) is 0. The lowest BCUT2D eigenvalue weighted by atomic mass is 10.2. The molecule has 0 spiro atoms. The largest absolute Gasteiger partial charge is 0.334 e. The van der Waals surface area contributed by atoms with Gasteiger partial charge in [-0.15, -0.1) is 0 Å². The predicted molar refractivity (Wildman–Crippen MR) is 83.4 cm³/mol. The summed E-state index contributed by atoms with van der Waals surface area (Å²) in [7, 11) is 0. The first kappa shape index (κ1) is 12.7. The van der Waals surface area contributed by atoms with Crippen molar-refractivity contribution in [1.29, 1.82) is 0 Å². The quantitative estimate of drug-likeness (QED) is 0.576. The highest BCUT2D eigenvalue weighted by molar-refractivity contribution is 14.1. The molecule has 19 heavy (non-hydrogen) atoms. The maximum absolute atomic E-state index is 5.29. The van der Waals surface area contributed by atoms with Gasteiger partial charge in [-0.2, -0.15) is 4.98 Å². The average Bonchev–Trinajstić information content (AvgIpc) is 2.88. The lowest BCUT2D eigenvalue weighted by Gasteiger charge is -1.97. The van der Waals surface area contributed by atoms with Crippen molar-refractivity contribution in [3.63, 3.8) is 0 Å². The molecule has 4 nitrogen and oxygen atoms in total. The molecule has 0 amide bonds. The zero-order valence-electron chi connectivity index (χ0n) is 9.55. The van der Waals surface area contributed by atoms with Crippen molar-refractivity contribution in [2.45, 2.75) is 0 Å². The van der Waals surface area contributed by atoms with E-state index < -0.39 is 0 Å². The van der Waals surface area contributed by atoms with E-state index in [0.717, 1.165) is 13.6 Å². The van der Waals surface area contributed by atoms with Gasteiger partial charge in [0.1, 0.15) is 5.69 Å². The van der Waals surface area contributed by atoms with Gasteiger partial charge in [-0.05, 0) is 52.9 Å². The maximum Gasteiger partial charge on any atom is 0.258 e. The second-order valence-electron chi connectivity index (χ2n) is 3.80. The topological polar surface area (TPSA) is 51.8 Å². The zero-order chi connectivity index (χ0) is 13.2. The first-order chi connectivity index (χ1) is 9.22. The number of nitrogens with zero attached hydrogens (tertiary/aromatic N) is 3. The lowest BCUT2D eigenvalue weighted by Crippen LogP contribution is -1.84. The molecule has 0 radical (unpaired) electrons. The third-order valence-corrected chi connectivity index (χ3v) is 3.51. The maximum atomic E-state index is 5.29. The Morgan fingerprint density at radius 1 is 1.16 bits per heavy atom. The molecule has 0 saturated heterocycles. The summed E-state index contributed by atoms with van der Waals surface area (Å²) in [4.78, 5) is 8.56. The molecule has 2 heterocycles. The third kappa shape index (κ3) is 2.84. The number of pyridine rings is 1. The Hall–Kier alpha value is -1.28. The zero-order valence-corrected chi connectivity index (χ0v) is 13.3. The monoisotopic (exact) mass is 427 g/mol. The van der Waals surface area contributed by atoms with Gasteiger partial charge in [0.05, 0.1) is 0 Å². The fraction of sp³-hybridized carbons (Fsp3) is 0. The number of halogens is 2. The minimum absolute atomic E-state index is 0.486. The standard InChI is InChI=1S/C13H7BrIN3O/c14-9-5-8(6-10(15)7-9)13-17-12(18-19-13)11-3-1-2-4-16-11/h1-7H. The summed E-state index contributed by atoms with van der Waals surface area (Å²) in [6.07, 6.45) is 1.70. The van der Waals surface area contributed by atoms with Gasteiger partial charge < -0.3 is 4.52 Å². The van der Waals surface area contributed by atoms with Crippen LogP contribution in [0.3, 0.4) is 0 Å². The minimum Gasteiger partial charge on any atom is -0.334 e. The highest BCUT2D eigenvalue weighted by Crippen LogP contribution is 2.26. The van der Waals surface area contributed by atoms with Gasteiger partial charge in [-0.3, -0.25) is 4.98 Å². The Labute approximate surface area is 131 Å². The molecule has 0 N–H and O–H groups in total. The fourth-order valence-corrected chi connectivity index (χ4v) is 3.21. The van der Waals surface area contributed by atoms with E-state index in [-0.39, 0.29) is 0 Å². The van der Waals surface area contributed by atoms with Crippen LogP contribution in [0.2, 0.25) is 0 Å². The number of aromatic nitrogens is 3. The van der Waals surface area contributed by atoms with E-state index in [4.69, 9.17) is 4.52 Å². The van der Waals surface area contributed by atoms with Crippen LogP contribution in [-0.4, -0.2) is 15.1 Å². The van der Waals surface area contributed by atoms with E-state index in [1.165, 1.54) is 0 Å². The molecule has 0 aliphatic rings. The third-order valence-electron chi connectivity index (χ3n) is 2.43. The Balaban J connectivity index is 2.02. The molecule has 0 aliphatic heterocycles. The van der Waals surface area contributed by atoms with Gasteiger partial charge in [0.15, 0.2) is 0 Å². The van der Waals surface area contributed by atoms with E-state index in [1.54, 1.807) is 6.20 Å². The Morgan fingerprint density at radius 3 is 2.79 bits per heavy atom. The Morgan fingerprint density at radius 2 is 2.05 bits per heavy atom. The average molecular weight is 428 g/mol. The van der Waals surface area contributed by atoms with Gasteiger partial charge in [0, 0.05) is 19.8 Å². The SMILES string of the molecule is Brc1cc(I)cc(-c2nc(-c3ccccn3)no2)c1. The summed E-state index contributed by atoms with van der Waals surface area (Å²) in [5.41, 5.74) is 1.58. The van der Waals surface area contributed by atoms with E-state index in [0.29, 0.717) is 17.4 Å². The molecule has 0 bridgehead atoms. The minimum atomic E-state index is 0.486. The van der Waals surface area contributed by atoms with E-state index in [9.17, 15) is 0 Å². The first-order valence-corrected chi connectivity index (χ1v) is 7.31. The molecule has 0 fully saturated rings. The smallest absolute Gasteiger partial charge is 0.258 e. The summed E-state index contributed by atoms with van der Waals surface area (Å²) in [5.74, 6) is 0.977. The van der Waals surface area contributed by atoms with Crippen LogP contribution in [0.4, 0.5) is 0 Å². The molecular formula is C13H7BrIN3O. The van der Waals surface area contributed by atoms with Crippen molar-refractivity contribution in [2.75, 3.05) is 0 Å². The number of rotatable bonds is 2. The summed E-state index contributed by atoms with van der Waals surface area (Å²) in [6.45, 7) is 0. The van der Waals surface area contributed by atoms with Crippen molar-refractivity contribution in [1.82, 2.24) is 15.1 Å². The van der Waals surface area contributed by atoms with Crippen LogP contribution in [0.25, 0.3) is 23.0 Å². The molecular weight excluding hydrogens is 421 g/mol. The van der Waals surface area contributed by atoms with Crippen LogP contribution in [0, 0.1) is 3.57 Å².